The summed E-state index contributed by atoms with van der Waals surface area (Å²) >= 11 is 3.38. The van der Waals surface area contributed by atoms with E-state index >= 15 is 0 Å². The van der Waals surface area contributed by atoms with Crippen molar-refractivity contribution in [2.75, 3.05) is 31.5 Å². The van der Waals surface area contributed by atoms with Crippen LogP contribution < -0.4 is 10.6 Å². The molecule has 0 saturated carbocycles. The van der Waals surface area contributed by atoms with E-state index in [1.54, 1.807) is 6.20 Å². The fraction of sp³-hybridized carbons (Fsp3) is 0.600. The Bertz CT molecular complexity index is 443. The Balaban J connectivity index is 1.70. The quantitative estimate of drug-likeness (QED) is 0.822. The van der Waals surface area contributed by atoms with E-state index in [1.807, 2.05) is 12.1 Å². The largest absolute Gasteiger partial charge is 0.367 e. The summed E-state index contributed by atoms with van der Waals surface area (Å²) < 4.78 is 0.987. The summed E-state index contributed by atoms with van der Waals surface area (Å²) in [5, 5.41) is 6.38. The molecule has 21 heavy (non-hydrogen) atoms. The molecule has 0 radical (unpaired) electrons. The highest BCUT2D eigenvalue weighted by atomic mass is 79.9. The highest BCUT2D eigenvalue weighted by Crippen LogP contribution is 2.16. The number of pyridine rings is 1. The number of aromatic nitrogens is 1. The number of piperidine rings is 1. The number of nitrogens with zero attached hydrogens (tertiary/aromatic N) is 2. The maximum atomic E-state index is 11.7. The van der Waals surface area contributed by atoms with Gasteiger partial charge in [0.1, 0.15) is 5.82 Å². The smallest absolute Gasteiger partial charge is 0.234 e. The molecule has 1 amide bonds. The highest BCUT2D eigenvalue weighted by Gasteiger charge is 2.20. The normalized spacial score (nSPS) is 16.7. The number of nitrogens with one attached hydrogen (secondary N) is 2. The number of amides is 1. The molecule has 2 N–H and O–H groups in total. The minimum atomic E-state index is 0.137. The second-order valence-corrected chi connectivity index (χ2v) is 6.32. The van der Waals surface area contributed by atoms with Crippen LogP contribution in [0.25, 0.3) is 0 Å². The van der Waals surface area contributed by atoms with Gasteiger partial charge in [-0.2, -0.15) is 0 Å². The van der Waals surface area contributed by atoms with E-state index in [0.29, 0.717) is 12.6 Å². The molecule has 2 rings (SSSR count). The number of halogens is 1. The van der Waals surface area contributed by atoms with Crippen LogP contribution in [0.1, 0.15) is 26.2 Å². The van der Waals surface area contributed by atoms with Gasteiger partial charge < -0.3 is 10.6 Å². The molecule has 1 aliphatic heterocycles. The number of carbonyl (C=O) groups is 1. The van der Waals surface area contributed by atoms with E-state index < -0.39 is 0 Å². The van der Waals surface area contributed by atoms with E-state index in [4.69, 9.17) is 0 Å². The van der Waals surface area contributed by atoms with Gasteiger partial charge in [0.15, 0.2) is 0 Å². The second kappa shape index (κ2) is 8.34. The van der Waals surface area contributed by atoms with Crippen LogP contribution in [-0.4, -0.2) is 48.0 Å². The minimum absolute atomic E-state index is 0.137. The average Bonchev–Trinajstić information content (AvgIpc) is 2.49. The van der Waals surface area contributed by atoms with Gasteiger partial charge in [-0.1, -0.05) is 6.92 Å². The second-order valence-electron chi connectivity index (χ2n) is 5.41. The van der Waals surface area contributed by atoms with E-state index in [9.17, 15) is 4.79 Å². The third kappa shape index (κ3) is 5.63. The zero-order chi connectivity index (χ0) is 15.1. The molecule has 0 aliphatic carbocycles. The first kappa shape index (κ1) is 16.2. The Morgan fingerprint density at radius 1 is 1.43 bits per heavy atom. The van der Waals surface area contributed by atoms with Gasteiger partial charge in [0, 0.05) is 36.3 Å². The van der Waals surface area contributed by atoms with Crippen LogP contribution in [0.3, 0.4) is 0 Å². The van der Waals surface area contributed by atoms with Gasteiger partial charge in [-0.05, 0) is 47.3 Å². The summed E-state index contributed by atoms with van der Waals surface area (Å²) in [7, 11) is 0. The molecule has 1 fully saturated rings. The van der Waals surface area contributed by atoms with Gasteiger partial charge in [-0.25, -0.2) is 4.98 Å². The number of anilines is 1. The summed E-state index contributed by atoms with van der Waals surface area (Å²) in [6, 6.07) is 4.41. The Morgan fingerprint density at radius 3 is 2.81 bits per heavy atom. The number of carbonyl (C=O) groups excluding carboxylic acids is 1. The van der Waals surface area contributed by atoms with Crippen molar-refractivity contribution in [3.8, 4) is 0 Å². The Kier molecular flexibility index (Phi) is 6.45. The summed E-state index contributed by atoms with van der Waals surface area (Å²) in [6.45, 7) is 5.25. The average molecular weight is 355 g/mol. The fourth-order valence-corrected chi connectivity index (χ4v) is 2.66. The molecule has 0 bridgehead atoms. The van der Waals surface area contributed by atoms with Crippen molar-refractivity contribution >= 4 is 27.7 Å². The molecule has 1 saturated heterocycles. The Hall–Kier alpha value is -1.14. The van der Waals surface area contributed by atoms with Crippen LogP contribution in [0, 0.1) is 0 Å². The van der Waals surface area contributed by atoms with Crippen molar-refractivity contribution in [2.45, 2.75) is 32.2 Å². The number of hydrogen-bond acceptors (Lipinski definition) is 4. The van der Waals surface area contributed by atoms with Crippen molar-refractivity contribution in [1.82, 2.24) is 15.2 Å². The van der Waals surface area contributed by atoms with Gasteiger partial charge in [0.25, 0.3) is 0 Å². The molecule has 1 aromatic heterocycles. The molecule has 5 nitrogen and oxygen atoms in total. The van der Waals surface area contributed by atoms with Crippen molar-refractivity contribution in [2.24, 2.45) is 0 Å². The number of rotatable bonds is 6. The standard InChI is InChI=1S/C15H23BrN4O/c1-2-7-17-15(21)11-20-8-5-13(6-9-20)19-14-4-3-12(16)10-18-14/h3-4,10,13H,2,5-9,11H2,1H3,(H,17,21)(H,18,19). The topological polar surface area (TPSA) is 57.3 Å². The van der Waals surface area contributed by atoms with Crippen LogP contribution in [-0.2, 0) is 4.79 Å². The lowest BCUT2D eigenvalue weighted by atomic mass is 10.1. The van der Waals surface area contributed by atoms with Crippen LogP contribution >= 0.6 is 15.9 Å². The number of likely N-dealkylation sites (tertiary alicyclic amines) is 1. The zero-order valence-corrected chi connectivity index (χ0v) is 14.0. The van der Waals surface area contributed by atoms with Crippen LogP contribution in [0.2, 0.25) is 0 Å². The highest BCUT2D eigenvalue weighted by molar-refractivity contribution is 9.10. The zero-order valence-electron chi connectivity index (χ0n) is 12.4. The third-order valence-corrected chi connectivity index (χ3v) is 4.08. The SMILES string of the molecule is CCCNC(=O)CN1CCC(Nc2ccc(Br)cn2)CC1. The lowest BCUT2D eigenvalue weighted by molar-refractivity contribution is -0.122. The first-order chi connectivity index (χ1) is 10.2. The van der Waals surface area contributed by atoms with Gasteiger partial charge in [-0.15, -0.1) is 0 Å². The Labute approximate surface area is 134 Å². The van der Waals surface area contributed by atoms with Crippen molar-refractivity contribution in [3.63, 3.8) is 0 Å². The van der Waals surface area contributed by atoms with Crippen LogP contribution in [0.4, 0.5) is 5.82 Å². The monoisotopic (exact) mass is 354 g/mol. The molecule has 0 aromatic carbocycles. The molecule has 0 atom stereocenters. The maximum Gasteiger partial charge on any atom is 0.234 e. The fourth-order valence-electron chi connectivity index (χ4n) is 2.43. The summed E-state index contributed by atoms with van der Waals surface area (Å²) in [5.74, 6) is 1.05. The molecule has 0 unspecified atom stereocenters. The van der Waals surface area contributed by atoms with Gasteiger partial charge in [0.2, 0.25) is 5.91 Å². The summed E-state index contributed by atoms with van der Waals surface area (Å²) in [5.41, 5.74) is 0. The van der Waals surface area contributed by atoms with Crippen molar-refractivity contribution in [1.29, 1.82) is 0 Å². The number of hydrogen-bond donors (Lipinski definition) is 2. The van der Waals surface area contributed by atoms with Crippen molar-refractivity contribution in [3.05, 3.63) is 22.8 Å². The maximum absolute atomic E-state index is 11.7. The van der Waals surface area contributed by atoms with E-state index in [1.165, 1.54) is 0 Å². The molecule has 2 heterocycles. The van der Waals surface area contributed by atoms with Gasteiger partial charge >= 0.3 is 0 Å². The van der Waals surface area contributed by atoms with Gasteiger partial charge in [0.05, 0.1) is 6.54 Å². The van der Waals surface area contributed by atoms with E-state index in [0.717, 1.165) is 49.2 Å². The lowest BCUT2D eigenvalue weighted by Gasteiger charge is -2.32. The van der Waals surface area contributed by atoms with E-state index in [-0.39, 0.29) is 5.91 Å². The lowest BCUT2D eigenvalue weighted by Crippen LogP contribution is -2.44. The van der Waals surface area contributed by atoms with Crippen molar-refractivity contribution < 1.29 is 4.79 Å². The third-order valence-electron chi connectivity index (χ3n) is 3.61. The first-order valence-electron chi connectivity index (χ1n) is 7.54. The Morgan fingerprint density at radius 2 is 2.19 bits per heavy atom. The van der Waals surface area contributed by atoms with Crippen LogP contribution in [0.15, 0.2) is 22.8 Å². The van der Waals surface area contributed by atoms with Gasteiger partial charge in [-0.3, -0.25) is 9.69 Å². The molecule has 116 valence electrons. The summed E-state index contributed by atoms with van der Waals surface area (Å²) in [4.78, 5) is 18.3. The predicted molar refractivity (Wildman–Crippen MR) is 88.3 cm³/mol. The molecular weight excluding hydrogens is 332 g/mol. The summed E-state index contributed by atoms with van der Waals surface area (Å²) in [6.07, 6.45) is 4.87. The molecule has 1 aromatic rings. The molecular formula is C15H23BrN4O. The molecule has 6 heteroatoms. The predicted octanol–water partition coefficient (Wildman–Crippen LogP) is 2.25. The van der Waals surface area contributed by atoms with Crippen LogP contribution in [0.5, 0.6) is 0 Å². The minimum Gasteiger partial charge on any atom is -0.367 e. The van der Waals surface area contributed by atoms with E-state index in [2.05, 4.69) is 43.4 Å². The first-order valence-corrected chi connectivity index (χ1v) is 8.34. The molecule has 0 spiro atoms. The molecule has 1 aliphatic rings.